The van der Waals surface area contributed by atoms with Gasteiger partial charge in [0.25, 0.3) is 0 Å². The van der Waals surface area contributed by atoms with Gasteiger partial charge < -0.3 is 0 Å². The predicted molar refractivity (Wildman–Crippen MR) is 44.8 cm³/mol. The van der Waals surface area contributed by atoms with Crippen LogP contribution in [0.4, 0.5) is 13.2 Å². The van der Waals surface area contributed by atoms with Crippen molar-refractivity contribution in [3.8, 4) is 0 Å². The number of hydrogen-bond acceptors (Lipinski definition) is 3. The van der Waals surface area contributed by atoms with Crippen LogP contribution in [0, 0.1) is 10.1 Å². The van der Waals surface area contributed by atoms with Gasteiger partial charge in [0.15, 0.2) is 0 Å². The van der Waals surface area contributed by atoms with E-state index in [1.807, 2.05) is 0 Å². The summed E-state index contributed by atoms with van der Waals surface area (Å²) >= 11 is 0. The van der Waals surface area contributed by atoms with Gasteiger partial charge in [-0.25, -0.2) is 0 Å². The smallest absolute Gasteiger partial charge is 0.265 e. The van der Waals surface area contributed by atoms with Gasteiger partial charge in [-0.3, -0.25) is 15.1 Å². The van der Waals surface area contributed by atoms with Crippen LogP contribution >= 0.6 is 0 Å². The van der Waals surface area contributed by atoms with Gasteiger partial charge in [0.1, 0.15) is 5.69 Å². The zero-order chi connectivity index (χ0) is 11.5. The van der Waals surface area contributed by atoms with E-state index in [0.29, 0.717) is 0 Å². The number of nitrogens with zero attached hydrogens (tertiary/aromatic N) is 2. The minimum atomic E-state index is -4.56. The molecule has 0 aliphatic rings. The Morgan fingerprint density at radius 1 is 1.47 bits per heavy atom. The van der Waals surface area contributed by atoms with Crippen LogP contribution in [-0.2, 0) is 12.6 Å². The van der Waals surface area contributed by atoms with Crippen molar-refractivity contribution in [2.24, 2.45) is 0 Å². The first-order chi connectivity index (χ1) is 6.91. The molecule has 0 saturated carbocycles. The quantitative estimate of drug-likeness (QED) is 0.577. The summed E-state index contributed by atoms with van der Waals surface area (Å²) in [5.41, 5.74) is -1.20. The molecule has 0 spiro atoms. The zero-order valence-electron chi connectivity index (χ0n) is 7.49. The predicted octanol–water partition coefficient (Wildman–Crippen LogP) is 1.92. The minimum absolute atomic E-state index is 0.151. The monoisotopic (exact) mass is 220 g/mol. The fourth-order valence-electron chi connectivity index (χ4n) is 1.11. The highest BCUT2D eigenvalue weighted by atomic mass is 19.4. The topological polar surface area (TPSA) is 56.0 Å². The number of pyridine rings is 1. The van der Waals surface area contributed by atoms with Crippen LogP contribution in [0.25, 0.3) is 0 Å². The highest BCUT2D eigenvalue weighted by Gasteiger charge is 2.35. The third-order valence-corrected chi connectivity index (χ3v) is 1.72. The van der Waals surface area contributed by atoms with Crippen LogP contribution in [0.3, 0.4) is 0 Å². The first-order valence-electron chi connectivity index (χ1n) is 4.04. The maximum Gasteiger partial charge on any atom is 0.433 e. The van der Waals surface area contributed by atoms with Gasteiger partial charge in [-0.2, -0.15) is 13.2 Å². The molecule has 1 rings (SSSR count). The van der Waals surface area contributed by atoms with Crippen molar-refractivity contribution in [3.63, 3.8) is 0 Å². The lowest BCUT2D eigenvalue weighted by Gasteiger charge is -2.09. The maximum absolute atomic E-state index is 12.3. The average Bonchev–Trinajstić information content (AvgIpc) is 2.13. The van der Waals surface area contributed by atoms with Gasteiger partial charge in [-0.15, -0.1) is 0 Å². The highest BCUT2D eigenvalue weighted by molar-refractivity contribution is 5.22. The van der Waals surface area contributed by atoms with Gasteiger partial charge in [-0.05, 0) is 11.6 Å². The van der Waals surface area contributed by atoms with Crippen LogP contribution in [0.1, 0.15) is 11.3 Å². The molecule has 82 valence electrons. The van der Waals surface area contributed by atoms with Gasteiger partial charge in [0.05, 0.1) is 0 Å². The van der Waals surface area contributed by atoms with Crippen molar-refractivity contribution in [2.75, 3.05) is 6.54 Å². The van der Waals surface area contributed by atoms with Crippen LogP contribution in [-0.4, -0.2) is 16.5 Å². The third kappa shape index (κ3) is 3.19. The van der Waals surface area contributed by atoms with E-state index in [-0.39, 0.29) is 12.0 Å². The van der Waals surface area contributed by atoms with E-state index in [9.17, 15) is 23.3 Å². The normalized spacial score (nSPS) is 11.4. The second-order valence-corrected chi connectivity index (χ2v) is 2.82. The van der Waals surface area contributed by atoms with Gasteiger partial charge >= 0.3 is 6.18 Å². The van der Waals surface area contributed by atoms with Gasteiger partial charge in [-0.1, -0.05) is 6.07 Å². The first-order valence-corrected chi connectivity index (χ1v) is 4.04. The Labute approximate surface area is 82.9 Å². The van der Waals surface area contributed by atoms with Crippen LogP contribution < -0.4 is 0 Å². The number of aromatic nitrogens is 1. The summed E-state index contributed by atoms with van der Waals surface area (Å²) in [6.07, 6.45) is -3.82. The fraction of sp³-hybridized carbons (Fsp3) is 0.375. The molecule has 1 aromatic rings. The third-order valence-electron chi connectivity index (χ3n) is 1.72. The molecule has 0 atom stereocenters. The summed E-state index contributed by atoms with van der Waals surface area (Å²) in [5, 5.41) is 10.0. The Morgan fingerprint density at radius 2 is 2.13 bits per heavy atom. The zero-order valence-corrected chi connectivity index (χ0v) is 7.49. The number of alkyl halides is 3. The lowest BCUT2D eigenvalue weighted by atomic mass is 10.1. The van der Waals surface area contributed by atoms with Crippen LogP contribution in [0.5, 0.6) is 0 Å². The molecule has 0 aliphatic heterocycles. The molecule has 0 N–H and O–H groups in total. The van der Waals surface area contributed by atoms with Gasteiger partial charge in [0.2, 0.25) is 6.54 Å². The van der Waals surface area contributed by atoms with Crippen LogP contribution in [0.2, 0.25) is 0 Å². The first kappa shape index (κ1) is 11.4. The molecule has 0 amide bonds. The summed E-state index contributed by atoms with van der Waals surface area (Å²) in [7, 11) is 0. The summed E-state index contributed by atoms with van der Waals surface area (Å²) in [4.78, 5) is 12.6. The molecule has 15 heavy (non-hydrogen) atoms. The summed E-state index contributed by atoms with van der Waals surface area (Å²) in [6, 6.07) is 2.52. The fourth-order valence-corrected chi connectivity index (χ4v) is 1.11. The Morgan fingerprint density at radius 3 is 2.67 bits per heavy atom. The standard InChI is InChI=1S/C8H7F3N2O2/c9-8(10,11)7-6(2-1-4-12-7)3-5-13(14)15/h1-2,4H,3,5H2. The van der Waals surface area contributed by atoms with Crippen molar-refractivity contribution in [3.05, 3.63) is 39.7 Å². The molecule has 0 bridgehead atoms. The van der Waals surface area contributed by atoms with E-state index >= 15 is 0 Å². The van der Waals surface area contributed by atoms with Crippen molar-refractivity contribution in [1.29, 1.82) is 0 Å². The van der Waals surface area contributed by atoms with E-state index in [2.05, 4.69) is 4.98 Å². The number of nitro groups is 1. The summed E-state index contributed by atoms with van der Waals surface area (Å²) in [5.74, 6) is 0. The average molecular weight is 220 g/mol. The number of rotatable bonds is 3. The maximum atomic E-state index is 12.3. The SMILES string of the molecule is O=[N+]([O-])CCc1cccnc1C(F)(F)F. The minimum Gasteiger partial charge on any atom is -0.265 e. The molecule has 0 unspecified atom stereocenters. The molecule has 0 aliphatic carbocycles. The molecule has 7 heteroatoms. The molecule has 4 nitrogen and oxygen atoms in total. The number of hydrogen-bond donors (Lipinski definition) is 0. The van der Waals surface area contributed by atoms with E-state index in [0.717, 1.165) is 6.20 Å². The summed E-state index contributed by atoms with van der Waals surface area (Å²) < 4.78 is 37.0. The Balaban J connectivity index is 2.92. The Bertz CT molecular complexity index is 365. The van der Waals surface area contributed by atoms with Crippen molar-refractivity contribution >= 4 is 0 Å². The highest BCUT2D eigenvalue weighted by Crippen LogP contribution is 2.30. The molecule has 0 aromatic carbocycles. The molecule has 1 heterocycles. The van der Waals surface area contributed by atoms with E-state index in [1.165, 1.54) is 12.1 Å². The van der Waals surface area contributed by atoms with Gasteiger partial charge in [0, 0.05) is 17.5 Å². The van der Waals surface area contributed by atoms with Crippen molar-refractivity contribution in [2.45, 2.75) is 12.6 Å². The Hall–Kier alpha value is -1.66. The lowest BCUT2D eigenvalue weighted by molar-refractivity contribution is -0.479. The summed E-state index contributed by atoms with van der Waals surface area (Å²) in [6.45, 7) is -0.533. The molecular weight excluding hydrogens is 213 g/mol. The lowest BCUT2D eigenvalue weighted by Crippen LogP contribution is -2.14. The van der Waals surface area contributed by atoms with Crippen LogP contribution in [0.15, 0.2) is 18.3 Å². The second-order valence-electron chi connectivity index (χ2n) is 2.82. The second kappa shape index (κ2) is 4.24. The molecule has 0 radical (unpaired) electrons. The molecule has 0 fully saturated rings. The number of halogens is 3. The van der Waals surface area contributed by atoms with Crippen molar-refractivity contribution < 1.29 is 18.1 Å². The molecule has 1 aromatic heterocycles. The Kier molecular flexibility index (Phi) is 3.23. The molecular formula is C8H7F3N2O2. The van der Waals surface area contributed by atoms with E-state index in [4.69, 9.17) is 0 Å². The van der Waals surface area contributed by atoms with Crippen molar-refractivity contribution in [1.82, 2.24) is 4.98 Å². The van der Waals surface area contributed by atoms with E-state index < -0.39 is 23.3 Å². The molecule has 0 saturated heterocycles. The largest absolute Gasteiger partial charge is 0.433 e. The van der Waals surface area contributed by atoms with E-state index in [1.54, 1.807) is 0 Å².